The van der Waals surface area contributed by atoms with Crippen LogP contribution in [-0.4, -0.2) is 0 Å². The molecular weight excluding hydrogens is 360 g/mol. The smallest absolute Gasteiger partial charge is 0.0235 e. The van der Waals surface area contributed by atoms with Gasteiger partial charge in [-0.05, 0) is 127 Å². The molecular formula is C30H52. The second-order valence-corrected chi connectivity index (χ2v) is 15.1. The summed E-state index contributed by atoms with van der Waals surface area (Å²) in [7, 11) is 0. The lowest BCUT2D eigenvalue weighted by Gasteiger charge is -2.73. The molecule has 5 aliphatic carbocycles. The molecule has 0 aromatic rings. The van der Waals surface area contributed by atoms with Crippen molar-refractivity contribution >= 4 is 0 Å². The Labute approximate surface area is 188 Å². The first-order valence-electron chi connectivity index (χ1n) is 13.9. The predicted octanol–water partition coefficient (Wildman–Crippen LogP) is 9.13. The van der Waals surface area contributed by atoms with Crippen LogP contribution in [0.5, 0.6) is 0 Å². The first-order chi connectivity index (χ1) is 13.9. The van der Waals surface area contributed by atoms with Gasteiger partial charge in [0.15, 0.2) is 0 Å². The molecule has 0 heteroatoms. The van der Waals surface area contributed by atoms with Crippen molar-refractivity contribution in [2.75, 3.05) is 0 Å². The van der Waals surface area contributed by atoms with E-state index in [1.54, 1.807) is 0 Å². The number of fused-ring (bicyclic) bond motifs is 7. The quantitative estimate of drug-likeness (QED) is 0.402. The van der Waals surface area contributed by atoms with E-state index in [1.807, 2.05) is 0 Å². The van der Waals surface area contributed by atoms with Crippen LogP contribution in [0, 0.1) is 62.6 Å². The predicted molar refractivity (Wildman–Crippen MR) is 129 cm³/mol. The Balaban J connectivity index is 1.52. The molecule has 0 bridgehead atoms. The van der Waals surface area contributed by atoms with Gasteiger partial charge in [-0.15, -0.1) is 0 Å². The van der Waals surface area contributed by atoms with E-state index < -0.39 is 0 Å². The molecule has 0 aliphatic heterocycles. The standard InChI is InChI=1S/C30H52/c1-20(2)21-12-17-27(5)22(21)13-18-29(7)24(27)10-11-25-28(6)16-9-15-26(3,4)23(28)14-19-30(25,29)8/h20-25H,9-19H2,1-8H3/t21?,22-,23-,24+,25+,27-,28-,29+,30+/m0/s1. The van der Waals surface area contributed by atoms with E-state index in [-0.39, 0.29) is 0 Å². The lowest BCUT2D eigenvalue weighted by atomic mass is 9.32. The number of rotatable bonds is 1. The van der Waals surface area contributed by atoms with Crippen LogP contribution in [-0.2, 0) is 0 Å². The number of hydrogen-bond donors (Lipinski definition) is 0. The van der Waals surface area contributed by atoms with Crippen LogP contribution in [0.2, 0.25) is 0 Å². The Morgan fingerprint density at radius 1 is 0.567 bits per heavy atom. The van der Waals surface area contributed by atoms with E-state index in [1.165, 1.54) is 70.6 Å². The number of hydrogen-bond acceptors (Lipinski definition) is 0. The Morgan fingerprint density at radius 3 is 1.80 bits per heavy atom. The highest BCUT2D eigenvalue weighted by Gasteiger charge is 2.70. The third kappa shape index (κ3) is 2.52. The van der Waals surface area contributed by atoms with Crippen LogP contribution >= 0.6 is 0 Å². The van der Waals surface area contributed by atoms with Crippen molar-refractivity contribution in [1.29, 1.82) is 0 Å². The summed E-state index contributed by atoms with van der Waals surface area (Å²) in [4.78, 5) is 0. The van der Waals surface area contributed by atoms with Crippen LogP contribution in [0.1, 0.15) is 126 Å². The fourth-order valence-electron chi connectivity index (χ4n) is 12.1. The summed E-state index contributed by atoms with van der Waals surface area (Å²) in [5.41, 5.74) is 2.92. The van der Waals surface area contributed by atoms with Crippen molar-refractivity contribution in [3.05, 3.63) is 0 Å². The summed E-state index contributed by atoms with van der Waals surface area (Å²) >= 11 is 0. The summed E-state index contributed by atoms with van der Waals surface area (Å²) in [6, 6.07) is 0. The molecule has 0 N–H and O–H groups in total. The fourth-order valence-corrected chi connectivity index (χ4v) is 12.1. The molecule has 5 saturated carbocycles. The summed E-state index contributed by atoms with van der Waals surface area (Å²) in [5.74, 6) is 5.79. The molecule has 9 atom stereocenters. The van der Waals surface area contributed by atoms with E-state index in [2.05, 4.69) is 55.4 Å². The van der Waals surface area contributed by atoms with Crippen molar-refractivity contribution < 1.29 is 0 Å². The summed E-state index contributed by atoms with van der Waals surface area (Å²) in [5, 5.41) is 0. The molecule has 0 heterocycles. The van der Waals surface area contributed by atoms with Crippen molar-refractivity contribution in [3.63, 3.8) is 0 Å². The van der Waals surface area contributed by atoms with Gasteiger partial charge in [0, 0.05) is 0 Å². The summed E-state index contributed by atoms with van der Waals surface area (Å²) in [6.07, 6.45) is 16.6. The summed E-state index contributed by atoms with van der Waals surface area (Å²) < 4.78 is 0. The Morgan fingerprint density at radius 2 is 1.17 bits per heavy atom. The van der Waals surface area contributed by atoms with Gasteiger partial charge < -0.3 is 0 Å². The zero-order valence-electron chi connectivity index (χ0n) is 21.7. The third-order valence-electron chi connectivity index (χ3n) is 13.6. The molecule has 0 amide bonds. The van der Waals surface area contributed by atoms with E-state index in [9.17, 15) is 0 Å². The molecule has 0 nitrogen and oxygen atoms in total. The topological polar surface area (TPSA) is 0 Å². The highest BCUT2D eigenvalue weighted by atomic mass is 14.7. The van der Waals surface area contributed by atoms with Gasteiger partial charge in [-0.1, -0.05) is 61.8 Å². The minimum atomic E-state index is 0.561. The van der Waals surface area contributed by atoms with E-state index in [0.29, 0.717) is 27.1 Å². The van der Waals surface area contributed by atoms with Gasteiger partial charge in [0.1, 0.15) is 0 Å². The molecule has 30 heavy (non-hydrogen) atoms. The van der Waals surface area contributed by atoms with Crippen LogP contribution in [0.4, 0.5) is 0 Å². The second kappa shape index (κ2) is 6.53. The second-order valence-electron chi connectivity index (χ2n) is 15.1. The van der Waals surface area contributed by atoms with Crippen LogP contribution in [0.25, 0.3) is 0 Å². The van der Waals surface area contributed by atoms with Gasteiger partial charge in [-0.3, -0.25) is 0 Å². The summed E-state index contributed by atoms with van der Waals surface area (Å²) in [6.45, 7) is 21.4. The average Bonchev–Trinajstić information content (AvgIpc) is 2.99. The normalized spacial score (nSPS) is 57.3. The molecule has 0 radical (unpaired) electrons. The van der Waals surface area contributed by atoms with Crippen molar-refractivity contribution in [1.82, 2.24) is 0 Å². The lowest BCUT2D eigenvalue weighted by molar-refractivity contribution is -0.241. The maximum absolute atomic E-state index is 2.81. The highest BCUT2D eigenvalue weighted by Crippen LogP contribution is 2.78. The molecule has 5 aliphatic rings. The largest absolute Gasteiger partial charge is 0.0625 e. The van der Waals surface area contributed by atoms with Gasteiger partial charge in [0.25, 0.3) is 0 Å². The molecule has 172 valence electrons. The minimum absolute atomic E-state index is 0.561. The van der Waals surface area contributed by atoms with Crippen LogP contribution in [0.3, 0.4) is 0 Å². The van der Waals surface area contributed by atoms with Gasteiger partial charge in [0.05, 0.1) is 0 Å². The zero-order chi connectivity index (χ0) is 21.7. The molecule has 0 spiro atoms. The Kier molecular flexibility index (Phi) is 4.75. The maximum atomic E-state index is 2.81. The molecule has 0 saturated heterocycles. The van der Waals surface area contributed by atoms with Gasteiger partial charge in [-0.2, -0.15) is 0 Å². The zero-order valence-corrected chi connectivity index (χ0v) is 21.7. The molecule has 0 aromatic heterocycles. The van der Waals surface area contributed by atoms with Crippen molar-refractivity contribution in [2.24, 2.45) is 62.6 Å². The van der Waals surface area contributed by atoms with Gasteiger partial charge in [-0.25, -0.2) is 0 Å². The first-order valence-corrected chi connectivity index (χ1v) is 13.9. The van der Waals surface area contributed by atoms with E-state index >= 15 is 0 Å². The Bertz CT molecular complexity index is 688. The van der Waals surface area contributed by atoms with Gasteiger partial charge >= 0.3 is 0 Å². The van der Waals surface area contributed by atoms with Crippen LogP contribution < -0.4 is 0 Å². The lowest BCUT2D eigenvalue weighted by Crippen LogP contribution is -2.65. The first kappa shape index (κ1) is 21.8. The highest BCUT2D eigenvalue weighted by molar-refractivity contribution is 5.18. The molecule has 0 aromatic carbocycles. The molecule has 5 rings (SSSR count). The Hall–Kier alpha value is 0. The fraction of sp³-hybridized carbons (Fsp3) is 1.00. The average molecular weight is 413 g/mol. The SMILES string of the molecule is CC(C)C1CC[C@]2(C)[C@H]3CC[C@@H]4[C@@]5(C)CCCC(C)(C)[C@@H]5CC[C@@]4(C)[C@]3(C)CC[C@@H]12. The van der Waals surface area contributed by atoms with E-state index in [4.69, 9.17) is 0 Å². The van der Waals surface area contributed by atoms with Crippen LogP contribution in [0.15, 0.2) is 0 Å². The minimum Gasteiger partial charge on any atom is -0.0625 e. The van der Waals surface area contributed by atoms with Crippen molar-refractivity contribution in [2.45, 2.75) is 126 Å². The monoisotopic (exact) mass is 412 g/mol. The third-order valence-corrected chi connectivity index (χ3v) is 13.6. The molecule has 5 fully saturated rings. The van der Waals surface area contributed by atoms with Gasteiger partial charge in [0.2, 0.25) is 0 Å². The molecule has 1 unspecified atom stereocenters. The van der Waals surface area contributed by atoms with Crippen molar-refractivity contribution in [3.8, 4) is 0 Å². The van der Waals surface area contributed by atoms with E-state index in [0.717, 1.165) is 35.5 Å². The maximum Gasteiger partial charge on any atom is -0.0235 e.